The Labute approximate surface area is 113 Å². The second kappa shape index (κ2) is 4.81. The average Bonchev–Trinajstić information content (AvgIpc) is 2.92. The molecule has 0 saturated heterocycles. The van der Waals surface area contributed by atoms with E-state index in [1.807, 2.05) is 6.07 Å². The van der Waals surface area contributed by atoms with Crippen LogP contribution in [0.4, 0.5) is 5.69 Å². The van der Waals surface area contributed by atoms with Gasteiger partial charge in [0.05, 0.1) is 5.51 Å². The largest absolute Gasteiger partial charge is 0.422 e. The lowest BCUT2D eigenvalue weighted by atomic mass is 10.0. The Bertz CT molecular complexity index is 637. The summed E-state index contributed by atoms with van der Waals surface area (Å²) in [6.07, 6.45) is 1.20. The Morgan fingerprint density at radius 1 is 1.37 bits per heavy atom. The molecule has 0 bridgehead atoms. The number of aryl methyl sites for hydroxylation is 1. The van der Waals surface area contributed by atoms with E-state index in [1.165, 1.54) is 11.3 Å². The molecule has 1 N–H and O–H groups in total. The van der Waals surface area contributed by atoms with Gasteiger partial charge >= 0.3 is 5.97 Å². The number of fused-ring (bicyclic) bond motifs is 1. The topological polar surface area (TPSA) is 68.3 Å². The predicted molar refractivity (Wildman–Crippen MR) is 70.5 cm³/mol. The smallest absolute Gasteiger partial charge is 0.363 e. The van der Waals surface area contributed by atoms with Crippen LogP contribution in [0.15, 0.2) is 29.1 Å². The third-order valence-electron chi connectivity index (χ3n) is 2.83. The van der Waals surface area contributed by atoms with Crippen LogP contribution >= 0.6 is 11.3 Å². The van der Waals surface area contributed by atoms with E-state index < -0.39 is 5.97 Å². The summed E-state index contributed by atoms with van der Waals surface area (Å²) >= 11 is 1.33. The highest BCUT2D eigenvalue weighted by Gasteiger charge is 2.16. The Balaban J connectivity index is 1.81. The van der Waals surface area contributed by atoms with Crippen molar-refractivity contribution in [3.8, 4) is 5.75 Å². The Morgan fingerprint density at radius 3 is 3.05 bits per heavy atom. The van der Waals surface area contributed by atoms with Crippen LogP contribution < -0.4 is 10.1 Å². The van der Waals surface area contributed by atoms with Crippen molar-refractivity contribution in [2.75, 3.05) is 5.32 Å². The minimum atomic E-state index is -0.497. The average molecular weight is 274 g/mol. The number of nitrogens with zero attached hydrogens (tertiary/aromatic N) is 1. The Kier molecular flexibility index (Phi) is 3.00. The van der Waals surface area contributed by atoms with Gasteiger partial charge < -0.3 is 10.1 Å². The van der Waals surface area contributed by atoms with Gasteiger partial charge in [-0.3, -0.25) is 4.79 Å². The van der Waals surface area contributed by atoms with Gasteiger partial charge in [0.25, 0.3) is 0 Å². The van der Waals surface area contributed by atoms with Gasteiger partial charge in [0.15, 0.2) is 5.69 Å². The molecule has 5 nitrogen and oxygen atoms in total. The molecule has 1 aromatic carbocycles. The number of anilines is 1. The molecule has 1 amide bonds. The van der Waals surface area contributed by atoms with Gasteiger partial charge in [0, 0.05) is 23.6 Å². The van der Waals surface area contributed by atoms with Gasteiger partial charge in [-0.25, -0.2) is 9.78 Å². The van der Waals surface area contributed by atoms with Gasteiger partial charge in [0.2, 0.25) is 5.91 Å². The summed E-state index contributed by atoms with van der Waals surface area (Å²) in [7, 11) is 0. The molecule has 1 aliphatic rings. The molecular weight excluding hydrogens is 264 g/mol. The van der Waals surface area contributed by atoms with Crippen LogP contribution in [0.5, 0.6) is 5.75 Å². The number of carbonyl (C=O) groups is 2. The van der Waals surface area contributed by atoms with E-state index >= 15 is 0 Å². The van der Waals surface area contributed by atoms with Gasteiger partial charge in [-0.05, 0) is 18.1 Å². The molecule has 0 saturated carbocycles. The van der Waals surface area contributed by atoms with Crippen LogP contribution in [0.2, 0.25) is 0 Å². The third kappa shape index (κ3) is 2.48. The lowest BCUT2D eigenvalue weighted by Crippen LogP contribution is -2.19. The maximum absolute atomic E-state index is 11.7. The van der Waals surface area contributed by atoms with Crippen LogP contribution in [0.25, 0.3) is 0 Å². The number of amides is 1. The van der Waals surface area contributed by atoms with Crippen molar-refractivity contribution >= 4 is 28.9 Å². The number of hydrogen-bond acceptors (Lipinski definition) is 5. The van der Waals surface area contributed by atoms with Crippen molar-refractivity contribution in [2.45, 2.75) is 12.8 Å². The van der Waals surface area contributed by atoms with Crippen LogP contribution in [-0.2, 0) is 11.2 Å². The van der Waals surface area contributed by atoms with E-state index in [9.17, 15) is 9.59 Å². The highest BCUT2D eigenvalue weighted by Crippen LogP contribution is 2.27. The van der Waals surface area contributed by atoms with Crippen molar-refractivity contribution in [1.82, 2.24) is 4.98 Å². The number of nitrogens with one attached hydrogen (secondary N) is 1. The number of aromatic nitrogens is 1. The first kappa shape index (κ1) is 11.9. The first-order valence-electron chi connectivity index (χ1n) is 5.75. The zero-order valence-corrected chi connectivity index (χ0v) is 10.7. The molecule has 0 radical (unpaired) electrons. The minimum absolute atomic E-state index is 0.0181. The lowest BCUT2D eigenvalue weighted by molar-refractivity contribution is -0.116. The number of carbonyl (C=O) groups excluding carboxylic acids is 2. The van der Waals surface area contributed by atoms with Crippen molar-refractivity contribution in [2.24, 2.45) is 0 Å². The number of benzene rings is 1. The molecule has 3 rings (SSSR count). The third-order valence-corrected chi connectivity index (χ3v) is 3.42. The fraction of sp³-hybridized carbons (Fsp3) is 0.154. The van der Waals surface area contributed by atoms with E-state index in [0.717, 1.165) is 5.56 Å². The van der Waals surface area contributed by atoms with Crippen molar-refractivity contribution < 1.29 is 14.3 Å². The molecule has 0 aliphatic carbocycles. The number of rotatable bonds is 2. The molecular formula is C13H10N2O3S. The first-order chi connectivity index (χ1) is 9.22. The van der Waals surface area contributed by atoms with Gasteiger partial charge in [-0.1, -0.05) is 6.07 Å². The molecule has 1 aromatic heterocycles. The fourth-order valence-corrected chi connectivity index (χ4v) is 2.41. The molecule has 96 valence electrons. The predicted octanol–water partition coefficient (Wildman–Crippen LogP) is 2.25. The second-order valence-electron chi connectivity index (χ2n) is 4.13. The van der Waals surface area contributed by atoms with Gasteiger partial charge in [-0.2, -0.15) is 0 Å². The highest BCUT2D eigenvalue weighted by atomic mass is 32.1. The molecule has 19 heavy (non-hydrogen) atoms. The van der Waals surface area contributed by atoms with Gasteiger partial charge in [-0.15, -0.1) is 11.3 Å². The molecule has 1 aliphatic heterocycles. The van der Waals surface area contributed by atoms with E-state index in [1.54, 1.807) is 23.0 Å². The summed E-state index contributed by atoms with van der Waals surface area (Å²) < 4.78 is 5.21. The van der Waals surface area contributed by atoms with Crippen molar-refractivity contribution in [1.29, 1.82) is 0 Å². The van der Waals surface area contributed by atoms with Gasteiger partial charge in [0.1, 0.15) is 5.75 Å². The number of ether oxygens (including phenoxy) is 1. The SMILES string of the molecule is O=C1CCc2ccc(OC(=O)c3cscn3)cc2N1. The normalized spacial score (nSPS) is 13.6. The van der Waals surface area contributed by atoms with Crippen LogP contribution in [-0.4, -0.2) is 16.9 Å². The maximum atomic E-state index is 11.7. The van der Waals surface area contributed by atoms with E-state index in [4.69, 9.17) is 4.74 Å². The van der Waals surface area contributed by atoms with Crippen LogP contribution in [0.3, 0.4) is 0 Å². The first-order valence-corrected chi connectivity index (χ1v) is 6.70. The molecule has 0 fully saturated rings. The summed E-state index contributed by atoms with van der Waals surface area (Å²) in [6, 6.07) is 5.25. The zero-order chi connectivity index (χ0) is 13.2. The van der Waals surface area contributed by atoms with E-state index in [0.29, 0.717) is 24.3 Å². The van der Waals surface area contributed by atoms with Crippen LogP contribution in [0.1, 0.15) is 22.5 Å². The monoisotopic (exact) mass is 274 g/mol. The maximum Gasteiger partial charge on any atom is 0.363 e. The number of thiazole rings is 1. The molecule has 2 heterocycles. The standard InChI is InChI=1S/C13H10N2O3S/c16-12-4-2-8-1-3-9(5-10(8)15-12)18-13(17)11-6-19-7-14-11/h1,3,5-7H,2,4H2,(H,15,16). The second-order valence-corrected chi connectivity index (χ2v) is 4.85. The molecule has 0 atom stereocenters. The number of hydrogen-bond donors (Lipinski definition) is 1. The van der Waals surface area contributed by atoms with Crippen LogP contribution in [0, 0.1) is 0 Å². The fourth-order valence-electron chi connectivity index (χ4n) is 1.89. The summed E-state index contributed by atoms with van der Waals surface area (Å²) in [5.74, 6) is -0.113. The van der Waals surface area contributed by atoms with Crippen molar-refractivity contribution in [3.05, 3.63) is 40.3 Å². The summed E-state index contributed by atoms with van der Waals surface area (Å²) in [4.78, 5) is 26.9. The summed E-state index contributed by atoms with van der Waals surface area (Å²) in [5, 5.41) is 4.39. The molecule has 0 spiro atoms. The van der Waals surface area contributed by atoms with E-state index in [2.05, 4.69) is 10.3 Å². The Morgan fingerprint density at radius 2 is 2.26 bits per heavy atom. The summed E-state index contributed by atoms with van der Waals surface area (Å²) in [5.41, 5.74) is 3.61. The highest BCUT2D eigenvalue weighted by molar-refractivity contribution is 7.07. The minimum Gasteiger partial charge on any atom is -0.422 e. The van der Waals surface area contributed by atoms with E-state index in [-0.39, 0.29) is 11.6 Å². The van der Waals surface area contributed by atoms with Crippen molar-refractivity contribution in [3.63, 3.8) is 0 Å². The summed E-state index contributed by atoms with van der Waals surface area (Å²) in [6.45, 7) is 0. The number of esters is 1. The Hall–Kier alpha value is -2.21. The molecule has 6 heteroatoms. The molecule has 0 unspecified atom stereocenters. The zero-order valence-electron chi connectivity index (χ0n) is 9.88. The molecule has 2 aromatic rings. The lowest BCUT2D eigenvalue weighted by Gasteiger charge is -2.17. The quantitative estimate of drug-likeness (QED) is 0.673.